The lowest BCUT2D eigenvalue weighted by atomic mass is 9.41. The highest BCUT2D eigenvalue weighted by Crippen LogP contribution is 2.56. The fourth-order valence-corrected chi connectivity index (χ4v) is 8.16. The predicted octanol–water partition coefficient (Wildman–Crippen LogP) is 4.97. The number of phenols is 10. The number of aromatic hydroxyl groups is 10. The lowest BCUT2D eigenvalue weighted by molar-refractivity contribution is 0.177. The van der Waals surface area contributed by atoms with Crippen molar-refractivity contribution >= 4 is 47.3 Å². The normalized spacial score (nSPS) is 15.3. The van der Waals surface area contributed by atoms with Gasteiger partial charge in [0.25, 0.3) is 0 Å². The molecule has 1 fully saturated rings. The molecule has 14 heteroatoms. The standard InChI is InChI=1S/C38H41B2NO11/c1-12-13(2)27(43)17(14(3)26(12)42)18-15(4)28(44)24-19(29(18)45)30(46)20-25(41(24)23-16(5)21(39)32(48)36(52)34(23)50)35(51)33(49)22(31(20)47)40-10-37(6,7)38(8,9)11-40/h42-45,47-52H,10-11H2,1-9H3. The highest BCUT2D eigenvalue weighted by atomic mass is 16.3. The number of hydrogen-bond acceptors (Lipinski definition) is 11. The van der Waals surface area contributed by atoms with Crippen LogP contribution in [0.2, 0.25) is 12.6 Å². The molecule has 2 heterocycles. The number of benzene rings is 4. The monoisotopic (exact) mass is 709 g/mol. The van der Waals surface area contributed by atoms with Gasteiger partial charge in [0.2, 0.25) is 11.2 Å². The van der Waals surface area contributed by atoms with Crippen molar-refractivity contribution in [2.75, 3.05) is 0 Å². The first-order valence-corrected chi connectivity index (χ1v) is 16.7. The summed E-state index contributed by atoms with van der Waals surface area (Å²) in [6.45, 7) is 14.8. The molecule has 0 amide bonds. The van der Waals surface area contributed by atoms with E-state index in [2.05, 4.69) is 0 Å². The van der Waals surface area contributed by atoms with Gasteiger partial charge in [-0.3, -0.25) is 9.36 Å². The predicted molar refractivity (Wildman–Crippen MR) is 201 cm³/mol. The molecule has 0 saturated carbocycles. The molecule has 0 spiro atoms. The molecule has 0 bridgehead atoms. The summed E-state index contributed by atoms with van der Waals surface area (Å²) in [7, 11) is 6.11. The first-order chi connectivity index (χ1) is 23.9. The molecule has 1 saturated heterocycles. The summed E-state index contributed by atoms with van der Waals surface area (Å²) in [6, 6.07) is 0. The molecule has 12 nitrogen and oxygen atoms in total. The molecule has 2 radical (unpaired) electrons. The minimum Gasteiger partial charge on any atom is -0.508 e. The van der Waals surface area contributed by atoms with Crippen LogP contribution in [0.1, 0.15) is 55.5 Å². The van der Waals surface area contributed by atoms with Crippen molar-refractivity contribution in [3.05, 3.63) is 38.0 Å². The molecular formula is C38H41B2NO11. The quantitative estimate of drug-likeness (QED) is 0.0521. The lowest BCUT2D eigenvalue weighted by Gasteiger charge is -2.35. The zero-order valence-corrected chi connectivity index (χ0v) is 30.4. The van der Waals surface area contributed by atoms with Crippen molar-refractivity contribution in [3.8, 4) is 74.3 Å². The van der Waals surface area contributed by atoms with Crippen LogP contribution < -0.4 is 16.4 Å². The van der Waals surface area contributed by atoms with E-state index in [9.17, 15) is 55.9 Å². The Kier molecular flexibility index (Phi) is 7.84. The molecule has 6 rings (SSSR count). The van der Waals surface area contributed by atoms with Gasteiger partial charge in [-0.05, 0) is 67.6 Å². The molecule has 1 aliphatic rings. The van der Waals surface area contributed by atoms with E-state index in [4.69, 9.17) is 7.85 Å². The van der Waals surface area contributed by atoms with Gasteiger partial charge in [0.05, 0.1) is 16.5 Å². The second kappa shape index (κ2) is 11.2. The molecule has 4 aromatic carbocycles. The fraction of sp³-hybridized carbons (Fsp3) is 0.342. The Bertz CT molecular complexity index is 2440. The molecule has 0 unspecified atom stereocenters. The summed E-state index contributed by atoms with van der Waals surface area (Å²) in [6.07, 6.45) is 0.889. The minimum absolute atomic E-state index is 0.0988. The van der Waals surface area contributed by atoms with Crippen molar-refractivity contribution in [1.29, 1.82) is 0 Å². The van der Waals surface area contributed by atoms with E-state index in [1.54, 1.807) is 6.92 Å². The third kappa shape index (κ3) is 4.45. The highest BCUT2D eigenvalue weighted by molar-refractivity contribution is 6.76. The number of pyridine rings is 1. The molecule has 5 aromatic rings. The summed E-state index contributed by atoms with van der Waals surface area (Å²) in [4.78, 5) is 14.8. The third-order valence-corrected chi connectivity index (χ3v) is 12.2. The molecule has 10 N–H and O–H groups in total. The van der Waals surface area contributed by atoms with Crippen molar-refractivity contribution in [3.63, 3.8) is 0 Å². The minimum atomic E-state index is -1.11. The Labute approximate surface area is 300 Å². The van der Waals surface area contributed by atoms with Crippen LogP contribution in [0.5, 0.6) is 57.5 Å². The highest BCUT2D eigenvalue weighted by Gasteiger charge is 2.50. The topological polar surface area (TPSA) is 224 Å². The maximum Gasteiger partial charge on any atom is 0.205 e. The molecule has 1 aromatic heterocycles. The first-order valence-electron chi connectivity index (χ1n) is 16.7. The zero-order valence-electron chi connectivity index (χ0n) is 30.4. The van der Waals surface area contributed by atoms with Gasteiger partial charge in [0.1, 0.15) is 47.6 Å². The van der Waals surface area contributed by atoms with Crippen LogP contribution in [-0.4, -0.2) is 70.2 Å². The van der Waals surface area contributed by atoms with Gasteiger partial charge in [-0.1, -0.05) is 40.3 Å². The fourth-order valence-electron chi connectivity index (χ4n) is 8.16. The largest absolute Gasteiger partial charge is 0.508 e. The number of nitrogens with zero attached hydrogens (tertiary/aromatic N) is 1. The lowest BCUT2D eigenvalue weighted by Crippen LogP contribution is -2.30. The SMILES string of the molecule is [B]c1c(C)c(-n2c3c(O)c(C)c(-c4c(C)c(O)c(C)c(C)c4O)c(O)c3c(=O)c3c(O)c(B4CC(C)(C)C(C)(C)C4)c(O)c(O)c32)c(O)c(O)c1O. The zero-order chi connectivity index (χ0) is 39.0. The van der Waals surface area contributed by atoms with Gasteiger partial charge >= 0.3 is 0 Å². The van der Waals surface area contributed by atoms with Crippen molar-refractivity contribution in [2.24, 2.45) is 10.8 Å². The number of phenolic OH excluding ortho intramolecular Hbond substituents is 10. The summed E-state index contributed by atoms with van der Waals surface area (Å²) in [5, 5.41) is 113. The Morgan fingerprint density at radius 1 is 0.519 bits per heavy atom. The van der Waals surface area contributed by atoms with Crippen LogP contribution in [0.4, 0.5) is 0 Å². The summed E-state index contributed by atoms with van der Waals surface area (Å²) >= 11 is 0. The maximum absolute atomic E-state index is 14.8. The smallest absolute Gasteiger partial charge is 0.205 e. The average Bonchev–Trinajstić information content (AvgIpc) is 3.29. The maximum atomic E-state index is 14.8. The molecule has 0 aliphatic carbocycles. The van der Waals surface area contributed by atoms with E-state index < -0.39 is 91.1 Å². The Morgan fingerprint density at radius 3 is 1.54 bits per heavy atom. The van der Waals surface area contributed by atoms with Gasteiger partial charge in [-0.15, -0.1) is 0 Å². The Balaban J connectivity index is 1.94. The van der Waals surface area contributed by atoms with Crippen LogP contribution in [0.25, 0.3) is 38.6 Å². The van der Waals surface area contributed by atoms with Gasteiger partial charge in [0.15, 0.2) is 29.7 Å². The van der Waals surface area contributed by atoms with Crippen LogP contribution in [-0.2, 0) is 0 Å². The van der Waals surface area contributed by atoms with Crippen molar-refractivity contribution in [2.45, 2.75) is 75.0 Å². The van der Waals surface area contributed by atoms with Gasteiger partial charge < -0.3 is 51.1 Å². The number of aromatic nitrogens is 1. The van der Waals surface area contributed by atoms with Crippen LogP contribution in [0.15, 0.2) is 4.79 Å². The van der Waals surface area contributed by atoms with Gasteiger partial charge in [0, 0.05) is 27.7 Å². The number of hydrogen-bond donors (Lipinski definition) is 10. The molecular weight excluding hydrogens is 668 g/mol. The second-order valence-electron chi connectivity index (χ2n) is 15.5. The van der Waals surface area contributed by atoms with Crippen LogP contribution in [0, 0.1) is 45.4 Å². The molecule has 270 valence electrons. The van der Waals surface area contributed by atoms with E-state index in [0.29, 0.717) is 18.2 Å². The summed E-state index contributed by atoms with van der Waals surface area (Å²) in [5.41, 5.74) is -3.82. The Morgan fingerprint density at radius 2 is 0.981 bits per heavy atom. The van der Waals surface area contributed by atoms with E-state index >= 15 is 0 Å². The molecule has 1 aliphatic heterocycles. The van der Waals surface area contributed by atoms with Crippen molar-refractivity contribution < 1.29 is 51.1 Å². The molecule has 52 heavy (non-hydrogen) atoms. The Hall–Kier alpha value is -5.52. The van der Waals surface area contributed by atoms with Crippen LogP contribution >= 0.6 is 0 Å². The van der Waals surface area contributed by atoms with Crippen LogP contribution in [0.3, 0.4) is 0 Å². The van der Waals surface area contributed by atoms with E-state index in [1.165, 1.54) is 27.7 Å². The van der Waals surface area contributed by atoms with Gasteiger partial charge in [-0.2, -0.15) is 0 Å². The summed E-state index contributed by atoms with van der Waals surface area (Å²) < 4.78 is 0.865. The first kappa shape index (κ1) is 36.3. The number of rotatable bonds is 3. The number of fused-ring (bicyclic) bond motifs is 2. The van der Waals surface area contributed by atoms with Gasteiger partial charge in [-0.25, -0.2) is 0 Å². The molecule has 0 atom stereocenters. The second-order valence-corrected chi connectivity index (χ2v) is 15.5. The third-order valence-electron chi connectivity index (χ3n) is 12.2. The van der Waals surface area contributed by atoms with E-state index in [0.717, 1.165) is 4.57 Å². The summed E-state index contributed by atoms with van der Waals surface area (Å²) in [5.74, 6) is -7.54. The van der Waals surface area contributed by atoms with E-state index in [1.807, 2.05) is 27.7 Å². The average molecular weight is 709 g/mol. The van der Waals surface area contributed by atoms with E-state index in [-0.39, 0.29) is 61.2 Å². The van der Waals surface area contributed by atoms with Crippen molar-refractivity contribution in [1.82, 2.24) is 4.57 Å².